The number of fused-ring (bicyclic) bond motifs is 1. The van der Waals surface area contributed by atoms with Gasteiger partial charge in [-0.15, -0.1) is 0 Å². The van der Waals surface area contributed by atoms with Gasteiger partial charge in [-0.1, -0.05) is 6.07 Å². The zero-order valence-corrected chi connectivity index (χ0v) is 11.6. The molecule has 0 aliphatic carbocycles. The third kappa shape index (κ3) is 2.74. The lowest BCUT2D eigenvalue weighted by Crippen LogP contribution is -2.28. The molecule has 6 nitrogen and oxygen atoms in total. The number of carboxylic acids is 1. The number of likely N-dealkylation sites (tertiary alicyclic amines) is 1. The lowest BCUT2D eigenvalue weighted by Gasteiger charge is -2.15. The molecule has 1 fully saturated rings. The van der Waals surface area contributed by atoms with Crippen LogP contribution in [-0.4, -0.2) is 44.6 Å². The van der Waals surface area contributed by atoms with E-state index < -0.39 is 5.97 Å². The van der Waals surface area contributed by atoms with E-state index in [9.17, 15) is 9.59 Å². The maximum absolute atomic E-state index is 12.6. The van der Waals surface area contributed by atoms with Gasteiger partial charge in [0.25, 0.3) is 5.91 Å². The van der Waals surface area contributed by atoms with E-state index in [4.69, 9.17) is 5.11 Å². The molecule has 1 unspecified atom stereocenters. The van der Waals surface area contributed by atoms with E-state index in [1.54, 1.807) is 15.6 Å². The Hall–Kier alpha value is -2.37. The zero-order valence-electron chi connectivity index (χ0n) is 11.6. The van der Waals surface area contributed by atoms with Crippen molar-refractivity contribution in [3.05, 3.63) is 36.2 Å². The summed E-state index contributed by atoms with van der Waals surface area (Å²) in [6.07, 6.45) is 5.09. The van der Waals surface area contributed by atoms with Crippen LogP contribution >= 0.6 is 0 Å². The van der Waals surface area contributed by atoms with Crippen molar-refractivity contribution in [1.82, 2.24) is 14.5 Å². The Kier molecular flexibility index (Phi) is 3.60. The minimum absolute atomic E-state index is 0.0194. The topological polar surface area (TPSA) is 74.9 Å². The van der Waals surface area contributed by atoms with Crippen LogP contribution in [0.4, 0.5) is 0 Å². The van der Waals surface area contributed by atoms with E-state index >= 15 is 0 Å². The van der Waals surface area contributed by atoms with Crippen LogP contribution in [0.2, 0.25) is 0 Å². The Balaban J connectivity index is 1.70. The van der Waals surface area contributed by atoms with Crippen molar-refractivity contribution in [2.45, 2.75) is 19.3 Å². The molecule has 0 spiro atoms. The summed E-state index contributed by atoms with van der Waals surface area (Å²) in [5.41, 5.74) is 1.41. The van der Waals surface area contributed by atoms with Crippen LogP contribution in [0.5, 0.6) is 0 Å². The molecule has 3 heterocycles. The predicted octanol–water partition coefficient (Wildman–Crippen LogP) is 1.66. The maximum atomic E-state index is 12.6. The largest absolute Gasteiger partial charge is 0.481 e. The standard InChI is InChI=1S/C15H17N3O3/c19-14(20)5-4-11-6-8-17(10-11)15(21)12-9-16-18-7-2-1-3-13(12)18/h1-3,7,9,11H,4-6,8,10H2,(H,19,20). The van der Waals surface area contributed by atoms with Crippen molar-refractivity contribution in [3.63, 3.8) is 0 Å². The Morgan fingerprint density at radius 3 is 3.05 bits per heavy atom. The number of aliphatic carboxylic acids is 1. The molecule has 0 saturated carbocycles. The Labute approximate surface area is 122 Å². The second-order valence-corrected chi connectivity index (χ2v) is 5.43. The molecular weight excluding hydrogens is 270 g/mol. The summed E-state index contributed by atoms with van der Waals surface area (Å²) in [7, 11) is 0. The molecule has 1 atom stereocenters. The summed E-state index contributed by atoms with van der Waals surface area (Å²) in [4.78, 5) is 25.0. The second-order valence-electron chi connectivity index (χ2n) is 5.43. The van der Waals surface area contributed by atoms with E-state index in [1.165, 1.54) is 0 Å². The number of aromatic nitrogens is 2. The molecule has 0 bridgehead atoms. The van der Waals surface area contributed by atoms with Gasteiger partial charge in [-0.05, 0) is 30.9 Å². The minimum Gasteiger partial charge on any atom is -0.481 e. The number of hydrogen-bond acceptors (Lipinski definition) is 3. The molecule has 1 aliphatic heterocycles. The predicted molar refractivity (Wildman–Crippen MR) is 76.1 cm³/mol. The third-order valence-electron chi connectivity index (χ3n) is 4.00. The molecule has 110 valence electrons. The van der Waals surface area contributed by atoms with Gasteiger partial charge in [0.05, 0.1) is 17.3 Å². The Morgan fingerprint density at radius 1 is 1.38 bits per heavy atom. The fourth-order valence-electron chi connectivity index (χ4n) is 2.85. The van der Waals surface area contributed by atoms with Gasteiger partial charge in [0.2, 0.25) is 0 Å². The zero-order chi connectivity index (χ0) is 14.8. The molecule has 3 rings (SSSR count). The van der Waals surface area contributed by atoms with E-state index in [-0.39, 0.29) is 18.2 Å². The van der Waals surface area contributed by atoms with Crippen molar-refractivity contribution in [1.29, 1.82) is 0 Å². The maximum Gasteiger partial charge on any atom is 0.303 e. The highest BCUT2D eigenvalue weighted by Crippen LogP contribution is 2.23. The summed E-state index contributed by atoms with van der Waals surface area (Å²) < 4.78 is 1.69. The number of rotatable bonds is 4. The van der Waals surface area contributed by atoms with Gasteiger partial charge in [0.1, 0.15) is 0 Å². The molecule has 21 heavy (non-hydrogen) atoms. The van der Waals surface area contributed by atoms with Gasteiger partial charge in [-0.3, -0.25) is 9.59 Å². The molecule has 0 aromatic carbocycles. The Bertz CT molecular complexity index is 680. The number of carboxylic acid groups (broad SMARTS) is 1. The van der Waals surface area contributed by atoms with E-state index in [1.807, 2.05) is 24.4 Å². The Morgan fingerprint density at radius 2 is 2.24 bits per heavy atom. The van der Waals surface area contributed by atoms with Gasteiger partial charge in [0, 0.05) is 25.7 Å². The third-order valence-corrected chi connectivity index (χ3v) is 4.00. The summed E-state index contributed by atoms with van der Waals surface area (Å²) in [5, 5.41) is 12.9. The first-order valence-electron chi connectivity index (χ1n) is 7.08. The monoisotopic (exact) mass is 287 g/mol. The number of nitrogens with zero attached hydrogens (tertiary/aromatic N) is 3. The van der Waals surface area contributed by atoms with Gasteiger partial charge in [-0.2, -0.15) is 5.10 Å². The highest BCUT2D eigenvalue weighted by atomic mass is 16.4. The molecule has 2 aromatic rings. The summed E-state index contributed by atoms with van der Waals surface area (Å²) in [6.45, 7) is 1.32. The molecule has 1 saturated heterocycles. The van der Waals surface area contributed by atoms with E-state index in [0.29, 0.717) is 25.1 Å². The van der Waals surface area contributed by atoms with Gasteiger partial charge in [0.15, 0.2) is 0 Å². The first-order valence-corrected chi connectivity index (χ1v) is 7.08. The molecular formula is C15H17N3O3. The van der Waals surface area contributed by atoms with Gasteiger partial charge >= 0.3 is 5.97 Å². The number of pyridine rings is 1. The molecule has 2 aromatic heterocycles. The lowest BCUT2D eigenvalue weighted by molar-refractivity contribution is -0.137. The van der Waals surface area contributed by atoms with Crippen LogP contribution < -0.4 is 0 Å². The molecule has 6 heteroatoms. The smallest absolute Gasteiger partial charge is 0.303 e. The summed E-state index contributed by atoms with van der Waals surface area (Å²) >= 11 is 0. The summed E-state index contributed by atoms with van der Waals surface area (Å²) in [5.74, 6) is -0.511. The van der Waals surface area contributed by atoms with Crippen molar-refractivity contribution < 1.29 is 14.7 Å². The van der Waals surface area contributed by atoms with Crippen molar-refractivity contribution in [2.24, 2.45) is 5.92 Å². The van der Waals surface area contributed by atoms with Crippen molar-refractivity contribution in [2.75, 3.05) is 13.1 Å². The van der Waals surface area contributed by atoms with Crippen molar-refractivity contribution in [3.8, 4) is 0 Å². The number of carbonyl (C=O) groups excluding carboxylic acids is 1. The first-order chi connectivity index (χ1) is 10.1. The molecule has 1 aliphatic rings. The lowest BCUT2D eigenvalue weighted by atomic mass is 10.0. The van der Waals surface area contributed by atoms with Crippen LogP contribution in [0.1, 0.15) is 29.6 Å². The molecule has 1 N–H and O–H groups in total. The van der Waals surface area contributed by atoms with Gasteiger partial charge < -0.3 is 10.0 Å². The number of hydrogen-bond donors (Lipinski definition) is 1. The minimum atomic E-state index is -0.776. The van der Waals surface area contributed by atoms with Crippen LogP contribution in [0.25, 0.3) is 5.52 Å². The van der Waals surface area contributed by atoms with E-state index in [2.05, 4.69) is 5.10 Å². The van der Waals surface area contributed by atoms with Gasteiger partial charge in [-0.25, -0.2) is 4.52 Å². The fourth-order valence-corrected chi connectivity index (χ4v) is 2.85. The van der Waals surface area contributed by atoms with Crippen LogP contribution in [0.15, 0.2) is 30.6 Å². The highest BCUT2D eigenvalue weighted by Gasteiger charge is 2.28. The van der Waals surface area contributed by atoms with E-state index in [0.717, 1.165) is 11.9 Å². The van der Waals surface area contributed by atoms with Crippen LogP contribution in [0.3, 0.4) is 0 Å². The highest BCUT2D eigenvalue weighted by molar-refractivity contribution is 6.00. The number of carbonyl (C=O) groups is 2. The average molecular weight is 287 g/mol. The molecule has 1 amide bonds. The SMILES string of the molecule is O=C(O)CCC1CCN(C(=O)c2cnn3ccccc23)C1. The normalized spacial score (nSPS) is 18.3. The van der Waals surface area contributed by atoms with Crippen LogP contribution in [0, 0.1) is 5.92 Å². The average Bonchev–Trinajstić information content (AvgIpc) is 3.11. The van der Waals surface area contributed by atoms with Crippen LogP contribution in [-0.2, 0) is 4.79 Å². The molecule has 0 radical (unpaired) electrons. The number of amides is 1. The second kappa shape index (κ2) is 5.55. The summed E-state index contributed by atoms with van der Waals surface area (Å²) in [6, 6.07) is 5.62. The van der Waals surface area contributed by atoms with Crippen molar-refractivity contribution >= 4 is 17.4 Å². The first kappa shape index (κ1) is 13.6. The quantitative estimate of drug-likeness (QED) is 0.928. The fraction of sp³-hybridized carbons (Fsp3) is 0.400.